The lowest BCUT2D eigenvalue weighted by Gasteiger charge is -1.97. The average molecular weight is 314 g/mol. The van der Waals surface area contributed by atoms with Gasteiger partial charge in [-0.2, -0.15) is 0 Å². The van der Waals surface area contributed by atoms with Crippen molar-refractivity contribution in [2.24, 2.45) is 0 Å². The molecule has 1 aromatic heterocycles. The van der Waals surface area contributed by atoms with E-state index in [1.54, 1.807) is 10.9 Å². The van der Waals surface area contributed by atoms with Crippen molar-refractivity contribution >= 4 is 5.78 Å². The molecular weight excluding hydrogens is 298 g/mol. The number of carbonyl (C=O) groups excluding carboxylic acids is 1. The molecule has 3 aromatic rings. The largest absolute Gasteiger partial charge is 1.00 e. The molecule has 0 aliphatic carbocycles. The third kappa shape index (κ3) is 4.02. The summed E-state index contributed by atoms with van der Waals surface area (Å²) >= 11 is 0. The lowest BCUT2D eigenvalue weighted by atomic mass is 10.1. The van der Waals surface area contributed by atoms with Gasteiger partial charge in [-0.1, -0.05) is 60.7 Å². The lowest BCUT2D eigenvalue weighted by molar-refractivity contribution is -0.683. The van der Waals surface area contributed by atoms with Crippen LogP contribution in [-0.2, 0) is 13.1 Å². The van der Waals surface area contributed by atoms with Gasteiger partial charge in [-0.3, -0.25) is 4.79 Å². The number of hydrogen-bond donors (Lipinski definition) is 0. The molecule has 0 saturated heterocycles. The van der Waals surface area contributed by atoms with Crippen LogP contribution in [-0.4, -0.2) is 15.6 Å². The number of Topliss-reactive ketones (excluding diaryl/α,β-unsaturated/α-hetero) is 1. The van der Waals surface area contributed by atoms with Gasteiger partial charge in [-0.15, -0.1) is 4.68 Å². The SMILES string of the molecule is O=C(C[n+]1cnn(Cc2ccccc2)c1)c1ccccc1.[Cl-]. The van der Waals surface area contributed by atoms with Crippen molar-refractivity contribution in [1.82, 2.24) is 9.78 Å². The highest BCUT2D eigenvalue weighted by Gasteiger charge is 2.12. The number of hydrogen-bond acceptors (Lipinski definition) is 2. The fourth-order valence-electron chi connectivity index (χ4n) is 2.18. The minimum atomic E-state index is 0. The first kappa shape index (κ1) is 15.9. The summed E-state index contributed by atoms with van der Waals surface area (Å²) in [5.74, 6) is 0.0832. The topological polar surface area (TPSA) is 38.8 Å². The van der Waals surface area contributed by atoms with Gasteiger partial charge in [0.1, 0.15) is 13.1 Å². The van der Waals surface area contributed by atoms with Crippen LogP contribution in [0.3, 0.4) is 0 Å². The van der Waals surface area contributed by atoms with Gasteiger partial charge in [0.15, 0.2) is 5.78 Å². The van der Waals surface area contributed by atoms with Crippen molar-refractivity contribution in [1.29, 1.82) is 0 Å². The van der Waals surface area contributed by atoms with E-state index in [2.05, 4.69) is 17.2 Å². The van der Waals surface area contributed by atoms with Crippen LogP contribution >= 0.6 is 0 Å². The molecule has 0 amide bonds. The Hall–Kier alpha value is -2.46. The Bertz CT molecular complexity index is 726. The molecule has 0 saturated carbocycles. The highest BCUT2D eigenvalue weighted by Crippen LogP contribution is 2.01. The van der Waals surface area contributed by atoms with Crippen LogP contribution < -0.4 is 17.0 Å². The van der Waals surface area contributed by atoms with E-state index >= 15 is 0 Å². The molecule has 4 nitrogen and oxygen atoms in total. The Morgan fingerprint density at radius 3 is 2.32 bits per heavy atom. The van der Waals surface area contributed by atoms with Gasteiger partial charge in [0.25, 0.3) is 6.33 Å². The molecule has 0 aliphatic heterocycles. The lowest BCUT2D eigenvalue weighted by Crippen LogP contribution is -3.00. The second kappa shape index (κ2) is 7.52. The summed E-state index contributed by atoms with van der Waals surface area (Å²) < 4.78 is 3.63. The van der Waals surface area contributed by atoms with Gasteiger partial charge in [-0.25, -0.2) is 4.57 Å². The first-order valence-electron chi connectivity index (χ1n) is 6.85. The number of carbonyl (C=O) groups is 1. The molecule has 0 fully saturated rings. The number of rotatable bonds is 5. The van der Waals surface area contributed by atoms with E-state index < -0.39 is 0 Å². The molecule has 0 bridgehead atoms. The summed E-state index contributed by atoms with van der Waals surface area (Å²) in [6, 6.07) is 19.4. The molecule has 22 heavy (non-hydrogen) atoms. The van der Waals surface area contributed by atoms with Crippen molar-refractivity contribution in [3.05, 3.63) is 84.4 Å². The highest BCUT2D eigenvalue weighted by atomic mass is 35.5. The maximum Gasteiger partial charge on any atom is 0.265 e. The molecule has 0 N–H and O–H groups in total. The molecular formula is C17H16ClN3O. The average Bonchev–Trinajstić information content (AvgIpc) is 2.96. The zero-order valence-corrected chi connectivity index (χ0v) is 12.7. The maximum absolute atomic E-state index is 12.1. The van der Waals surface area contributed by atoms with E-state index in [0.29, 0.717) is 13.1 Å². The monoisotopic (exact) mass is 313 g/mol. The van der Waals surface area contributed by atoms with Gasteiger partial charge in [0.2, 0.25) is 6.33 Å². The summed E-state index contributed by atoms with van der Waals surface area (Å²) in [5.41, 5.74) is 1.91. The van der Waals surface area contributed by atoms with Crippen LogP contribution in [0.4, 0.5) is 0 Å². The summed E-state index contributed by atoms with van der Waals surface area (Å²) in [5, 5.41) is 4.29. The molecule has 5 heteroatoms. The molecule has 0 spiro atoms. The van der Waals surface area contributed by atoms with Crippen LogP contribution in [0.2, 0.25) is 0 Å². The Labute approximate surface area is 135 Å². The number of ketones is 1. The highest BCUT2D eigenvalue weighted by molar-refractivity contribution is 5.94. The molecule has 2 aromatic carbocycles. The number of benzene rings is 2. The zero-order chi connectivity index (χ0) is 14.5. The van der Waals surface area contributed by atoms with Crippen molar-refractivity contribution in [2.75, 3.05) is 0 Å². The third-order valence-corrected chi connectivity index (χ3v) is 3.24. The Kier molecular flexibility index (Phi) is 5.44. The molecule has 112 valence electrons. The van der Waals surface area contributed by atoms with Gasteiger partial charge in [-0.05, 0) is 5.56 Å². The summed E-state index contributed by atoms with van der Waals surface area (Å²) in [4.78, 5) is 12.1. The van der Waals surface area contributed by atoms with E-state index in [1.807, 2.05) is 59.5 Å². The molecule has 3 rings (SSSR count). The second-order valence-electron chi connectivity index (χ2n) is 4.89. The standard InChI is InChI=1S/C17H16N3O.ClH/c21-17(16-9-5-2-6-10-16)12-19-13-18-20(14-19)11-15-7-3-1-4-8-15;/h1-10,13-14H,11-12H2;1H/q+1;/p-1. The predicted octanol–water partition coefficient (Wildman–Crippen LogP) is -0.894. The summed E-state index contributed by atoms with van der Waals surface area (Å²) in [6.45, 7) is 1.01. The summed E-state index contributed by atoms with van der Waals surface area (Å²) in [6.07, 6.45) is 3.54. The Morgan fingerprint density at radius 1 is 1.00 bits per heavy atom. The van der Waals surface area contributed by atoms with E-state index in [-0.39, 0.29) is 18.2 Å². The van der Waals surface area contributed by atoms with E-state index in [9.17, 15) is 4.79 Å². The Balaban J connectivity index is 0.00000176. The van der Waals surface area contributed by atoms with Gasteiger partial charge in [0, 0.05) is 10.7 Å². The minimum Gasteiger partial charge on any atom is -1.00 e. The van der Waals surface area contributed by atoms with E-state index in [1.165, 1.54) is 5.56 Å². The molecule has 0 aliphatic rings. The van der Waals surface area contributed by atoms with Crippen LogP contribution in [0.25, 0.3) is 0 Å². The van der Waals surface area contributed by atoms with Gasteiger partial charge in [0.05, 0.1) is 0 Å². The Morgan fingerprint density at radius 2 is 1.64 bits per heavy atom. The van der Waals surface area contributed by atoms with Gasteiger partial charge < -0.3 is 12.4 Å². The smallest absolute Gasteiger partial charge is 0.265 e. The molecule has 0 radical (unpaired) electrons. The van der Waals surface area contributed by atoms with Crippen LogP contribution in [0.15, 0.2) is 73.3 Å². The fourth-order valence-corrected chi connectivity index (χ4v) is 2.18. The second-order valence-corrected chi connectivity index (χ2v) is 4.89. The van der Waals surface area contributed by atoms with Crippen LogP contribution in [0.5, 0.6) is 0 Å². The maximum atomic E-state index is 12.1. The van der Waals surface area contributed by atoms with Crippen molar-refractivity contribution in [3.8, 4) is 0 Å². The fraction of sp³-hybridized carbons (Fsp3) is 0.118. The first-order chi connectivity index (χ1) is 10.3. The first-order valence-corrected chi connectivity index (χ1v) is 6.85. The van der Waals surface area contributed by atoms with Crippen LogP contribution in [0, 0.1) is 0 Å². The molecule has 0 atom stereocenters. The number of aromatic nitrogens is 3. The third-order valence-electron chi connectivity index (χ3n) is 3.24. The molecule has 1 heterocycles. The minimum absolute atomic E-state index is 0. The van der Waals surface area contributed by atoms with Crippen LogP contribution in [0.1, 0.15) is 15.9 Å². The van der Waals surface area contributed by atoms with E-state index in [0.717, 1.165) is 5.56 Å². The molecule has 0 unspecified atom stereocenters. The number of halogens is 1. The summed E-state index contributed by atoms with van der Waals surface area (Å²) in [7, 11) is 0. The normalized spacial score (nSPS) is 10.0. The number of nitrogens with zero attached hydrogens (tertiary/aromatic N) is 3. The van der Waals surface area contributed by atoms with Crippen molar-refractivity contribution < 1.29 is 21.8 Å². The van der Waals surface area contributed by atoms with Crippen molar-refractivity contribution in [3.63, 3.8) is 0 Å². The van der Waals surface area contributed by atoms with Gasteiger partial charge >= 0.3 is 0 Å². The van der Waals surface area contributed by atoms with E-state index in [4.69, 9.17) is 0 Å². The zero-order valence-electron chi connectivity index (χ0n) is 12.0. The quantitative estimate of drug-likeness (QED) is 0.453. The predicted molar refractivity (Wildman–Crippen MR) is 78.7 cm³/mol. The van der Waals surface area contributed by atoms with Crippen molar-refractivity contribution in [2.45, 2.75) is 13.1 Å².